The van der Waals surface area contributed by atoms with Gasteiger partial charge in [-0.25, -0.2) is 0 Å². The van der Waals surface area contributed by atoms with Crippen molar-refractivity contribution >= 4 is 23.2 Å². The molecular weight excluding hydrogens is 378 g/mol. The Morgan fingerprint density at radius 1 is 0.900 bits per heavy atom. The van der Waals surface area contributed by atoms with Gasteiger partial charge in [-0.2, -0.15) is 0 Å². The number of ether oxygens (including phenoxy) is 1. The number of aryl methyl sites for hydroxylation is 2. The van der Waals surface area contributed by atoms with Crippen LogP contribution in [-0.4, -0.2) is 38.1 Å². The summed E-state index contributed by atoms with van der Waals surface area (Å²) in [6.45, 7) is 8.40. The molecule has 0 bridgehead atoms. The fourth-order valence-corrected chi connectivity index (χ4v) is 2.77. The third-order valence-electron chi connectivity index (χ3n) is 4.78. The van der Waals surface area contributed by atoms with Gasteiger partial charge in [-0.3, -0.25) is 9.59 Å². The van der Waals surface area contributed by atoms with Crippen molar-refractivity contribution in [3.05, 3.63) is 59.2 Å². The van der Waals surface area contributed by atoms with Crippen LogP contribution in [0.5, 0.6) is 0 Å². The van der Waals surface area contributed by atoms with Gasteiger partial charge in [0.25, 0.3) is 5.91 Å². The average molecular weight is 412 g/mol. The highest BCUT2D eigenvalue weighted by Gasteiger charge is 2.07. The number of hydrogen-bond acceptors (Lipinski definition) is 4. The number of carbonyl (C=O) groups excluding carboxylic acids is 2. The van der Waals surface area contributed by atoms with Crippen LogP contribution in [0.25, 0.3) is 0 Å². The molecule has 0 radical (unpaired) electrons. The summed E-state index contributed by atoms with van der Waals surface area (Å²) in [6.07, 6.45) is 2.98. The summed E-state index contributed by atoms with van der Waals surface area (Å²) in [7, 11) is 0. The minimum absolute atomic E-state index is 0.127. The van der Waals surface area contributed by atoms with Crippen LogP contribution >= 0.6 is 0 Å². The first-order valence-electron chi connectivity index (χ1n) is 10.6. The third-order valence-corrected chi connectivity index (χ3v) is 4.78. The maximum Gasteiger partial charge on any atom is 0.251 e. The van der Waals surface area contributed by atoms with Crippen LogP contribution in [0, 0.1) is 13.8 Å². The molecule has 0 atom stereocenters. The fourth-order valence-electron chi connectivity index (χ4n) is 2.77. The highest BCUT2D eigenvalue weighted by molar-refractivity contribution is 5.96. The molecule has 0 heterocycles. The van der Waals surface area contributed by atoms with E-state index in [1.165, 1.54) is 11.1 Å². The van der Waals surface area contributed by atoms with Crippen molar-refractivity contribution in [2.45, 2.75) is 40.0 Å². The zero-order valence-electron chi connectivity index (χ0n) is 18.2. The number of carbonyl (C=O) groups is 2. The molecule has 6 heteroatoms. The van der Waals surface area contributed by atoms with E-state index in [4.69, 9.17) is 4.74 Å². The van der Waals surface area contributed by atoms with E-state index in [-0.39, 0.29) is 18.4 Å². The normalized spacial score (nSPS) is 10.5. The number of rotatable bonds is 12. The lowest BCUT2D eigenvalue weighted by Gasteiger charge is -2.10. The zero-order valence-corrected chi connectivity index (χ0v) is 18.2. The van der Waals surface area contributed by atoms with Crippen molar-refractivity contribution in [2.75, 3.05) is 36.9 Å². The van der Waals surface area contributed by atoms with Gasteiger partial charge in [0.1, 0.15) is 0 Å². The molecule has 0 aromatic heterocycles. The van der Waals surface area contributed by atoms with E-state index in [2.05, 4.69) is 29.8 Å². The second-order valence-electron chi connectivity index (χ2n) is 7.35. The first-order valence-corrected chi connectivity index (χ1v) is 10.6. The van der Waals surface area contributed by atoms with E-state index >= 15 is 0 Å². The SMILES string of the molecule is CCCCOCCCNC(=O)c1ccc(NC(=O)CNc2ccc(C)c(C)c2)cc1. The number of nitrogens with one attached hydrogen (secondary N) is 3. The second kappa shape index (κ2) is 12.6. The van der Waals surface area contributed by atoms with E-state index in [1.54, 1.807) is 24.3 Å². The van der Waals surface area contributed by atoms with Gasteiger partial charge in [-0.15, -0.1) is 0 Å². The van der Waals surface area contributed by atoms with Crippen LogP contribution in [0.3, 0.4) is 0 Å². The largest absolute Gasteiger partial charge is 0.381 e. The summed E-state index contributed by atoms with van der Waals surface area (Å²) in [5.74, 6) is -0.272. The molecular formula is C24H33N3O3. The Labute approximate surface area is 179 Å². The minimum atomic E-state index is -0.145. The van der Waals surface area contributed by atoms with Gasteiger partial charge < -0.3 is 20.7 Å². The Bertz CT molecular complexity index is 819. The Morgan fingerprint density at radius 3 is 2.30 bits per heavy atom. The number of unbranched alkanes of at least 4 members (excludes halogenated alkanes) is 1. The van der Waals surface area contributed by atoms with Gasteiger partial charge in [0, 0.05) is 36.7 Å². The predicted octanol–water partition coefficient (Wildman–Crippen LogP) is 4.29. The van der Waals surface area contributed by atoms with Gasteiger partial charge >= 0.3 is 0 Å². The van der Waals surface area contributed by atoms with Crippen molar-refractivity contribution in [1.82, 2.24) is 5.32 Å². The maximum absolute atomic E-state index is 12.2. The lowest BCUT2D eigenvalue weighted by molar-refractivity contribution is -0.114. The third kappa shape index (κ3) is 8.25. The molecule has 2 aromatic carbocycles. The highest BCUT2D eigenvalue weighted by Crippen LogP contribution is 2.14. The molecule has 0 unspecified atom stereocenters. The molecule has 0 fully saturated rings. The van der Waals surface area contributed by atoms with E-state index < -0.39 is 0 Å². The number of hydrogen-bond donors (Lipinski definition) is 3. The molecule has 0 aliphatic carbocycles. The topological polar surface area (TPSA) is 79.5 Å². The minimum Gasteiger partial charge on any atom is -0.381 e. The molecule has 0 aliphatic heterocycles. The number of benzene rings is 2. The smallest absolute Gasteiger partial charge is 0.251 e. The molecule has 2 rings (SSSR count). The number of amides is 2. The van der Waals surface area contributed by atoms with Crippen molar-refractivity contribution < 1.29 is 14.3 Å². The van der Waals surface area contributed by atoms with Gasteiger partial charge in [0.2, 0.25) is 5.91 Å². The zero-order chi connectivity index (χ0) is 21.8. The van der Waals surface area contributed by atoms with Gasteiger partial charge in [-0.05, 0) is 74.2 Å². The molecule has 6 nitrogen and oxygen atoms in total. The first-order chi connectivity index (χ1) is 14.5. The lowest BCUT2D eigenvalue weighted by Crippen LogP contribution is -2.25. The Kier molecular flexibility index (Phi) is 9.87. The van der Waals surface area contributed by atoms with Crippen LogP contribution in [0.1, 0.15) is 47.7 Å². The van der Waals surface area contributed by atoms with Crippen molar-refractivity contribution in [2.24, 2.45) is 0 Å². The van der Waals surface area contributed by atoms with Crippen molar-refractivity contribution in [1.29, 1.82) is 0 Å². The summed E-state index contributed by atoms with van der Waals surface area (Å²) in [4.78, 5) is 24.3. The molecule has 0 aliphatic rings. The molecule has 2 aromatic rings. The monoisotopic (exact) mass is 411 g/mol. The summed E-state index contributed by atoms with van der Waals surface area (Å²) in [5, 5.41) is 8.83. The maximum atomic E-state index is 12.2. The van der Waals surface area contributed by atoms with Crippen LogP contribution < -0.4 is 16.0 Å². The predicted molar refractivity (Wildman–Crippen MR) is 122 cm³/mol. The van der Waals surface area contributed by atoms with Gasteiger partial charge in [-0.1, -0.05) is 19.4 Å². The quantitative estimate of drug-likeness (QED) is 0.455. The molecule has 162 valence electrons. The van der Waals surface area contributed by atoms with Crippen LogP contribution in [0.15, 0.2) is 42.5 Å². The summed E-state index contributed by atoms with van der Waals surface area (Å²) in [5.41, 5.74) is 4.53. The Balaban J connectivity index is 1.70. The highest BCUT2D eigenvalue weighted by atomic mass is 16.5. The Hall–Kier alpha value is -2.86. The van der Waals surface area contributed by atoms with E-state index in [0.29, 0.717) is 24.4 Å². The average Bonchev–Trinajstić information content (AvgIpc) is 2.74. The molecule has 0 spiro atoms. The summed E-state index contributed by atoms with van der Waals surface area (Å²) in [6, 6.07) is 12.9. The van der Waals surface area contributed by atoms with E-state index in [0.717, 1.165) is 31.6 Å². The first kappa shape index (κ1) is 23.4. The van der Waals surface area contributed by atoms with Gasteiger partial charge in [0.15, 0.2) is 0 Å². The standard InChI is InChI=1S/C24H33N3O3/c1-4-5-14-30-15-6-13-25-24(29)20-8-11-21(12-9-20)27-23(28)17-26-22-10-7-18(2)19(3)16-22/h7-12,16,26H,4-6,13-15,17H2,1-3H3,(H,25,29)(H,27,28). The van der Waals surface area contributed by atoms with Gasteiger partial charge in [0.05, 0.1) is 6.54 Å². The fraction of sp³-hybridized carbons (Fsp3) is 0.417. The van der Waals surface area contributed by atoms with Crippen molar-refractivity contribution in [3.63, 3.8) is 0 Å². The van der Waals surface area contributed by atoms with Crippen molar-refractivity contribution in [3.8, 4) is 0 Å². The lowest BCUT2D eigenvalue weighted by atomic mass is 10.1. The van der Waals surface area contributed by atoms with Crippen LogP contribution in [0.4, 0.5) is 11.4 Å². The summed E-state index contributed by atoms with van der Waals surface area (Å²) >= 11 is 0. The second-order valence-corrected chi connectivity index (χ2v) is 7.35. The molecule has 0 saturated carbocycles. The molecule has 3 N–H and O–H groups in total. The van der Waals surface area contributed by atoms with Crippen LogP contribution in [-0.2, 0) is 9.53 Å². The van der Waals surface area contributed by atoms with E-state index in [1.807, 2.05) is 25.1 Å². The summed E-state index contributed by atoms with van der Waals surface area (Å²) < 4.78 is 5.48. The molecule has 2 amide bonds. The Morgan fingerprint density at radius 2 is 1.60 bits per heavy atom. The van der Waals surface area contributed by atoms with E-state index in [9.17, 15) is 9.59 Å². The molecule has 0 saturated heterocycles. The van der Waals surface area contributed by atoms with Crippen LogP contribution in [0.2, 0.25) is 0 Å². The molecule has 30 heavy (non-hydrogen) atoms. The number of anilines is 2.